The van der Waals surface area contributed by atoms with Crippen LogP contribution in [0.25, 0.3) is 11.4 Å². The highest BCUT2D eigenvalue weighted by Gasteiger charge is 2.18. The summed E-state index contributed by atoms with van der Waals surface area (Å²) in [6.45, 7) is 3.47. The van der Waals surface area contributed by atoms with Crippen LogP contribution in [0.5, 0.6) is 11.5 Å². The van der Waals surface area contributed by atoms with Gasteiger partial charge in [0.05, 0.1) is 0 Å². The predicted octanol–water partition coefficient (Wildman–Crippen LogP) is 3.52. The molecular formula is C24H27N5O3. The highest BCUT2D eigenvalue weighted by Crippen LogP contribution is 2.32. The van der Waals surface area contributed by atoms with E-state index in [-0.39, 0.29) is 12.7 Å². The molecule has 3 heterocycles. The molecule has 0 aliphatic carbocycles. The number of nitrogens with one attached hydrogen (secondary N) is 2. The maximum absolute atomic E-state index is 12.6. The lowest BCUT2D eigenvalue weighted by Gasteiger charge is -2.16. The van der Waals surface area contributed by atoms with Crippen LogP contribution in [0.1, 0.15) is 37.6 Å². The molecule has 0 radical (unpaired) electrons. The van der Waals surface area contributed by atoms with Crippen molar-refractivity contribution in [1.82, 2.24) is 20.1 Å². The average Bonchev–Trinajstić information content (AvgIpc) is 3.38. The van der Waals surface area contributed by atoms with Crippen LogP contribution in [0.3, 0.4) is 0 Å². The number of anilines is 1. The van der Waals surface area contributed by atoms with Gasteiger partial charge in [-0.25, -0.2) is 0 Å². The molecule has 1 atom stereocenters. The Labute approximate surface area is 186 Å². The lowest BCUT2D eigenvalue weighted by Crippen LogP contribution is -2.37. The zero-order valence-corrected chi connectivity index (χ0v) is 18.1. The van der Waals surface area contributed by atoms with E-state index in [1.165, 1.54) is 12.8 Å². The third-order valence-corrected chi connectivity index (χ3v) is 5.91. The Hall–Kier alpha value is -3.55. The van der Waals surface area contributed by atoms with E-state index in [1.54, 1.807) is 0 Å². The smallest absolute Gasteiger partial charge is 0.242 e. The summed E-state index contributed by atoms with van der Waals surface area (Å²) in [5.41, 5.74) is 2.84. The molecule has 2 aromatic carbocycles. The zero-order valence-electron chi connectivity index (χ0n) is 18.1. The number of carbonyl (C=O) groups is 1. The highest BCUT2D eigenvalue weighted by molar-refractivity contribution is 5.84. The molecule has 2 N–H and O–H groups in total. The van der Waals surface area contributed by atoms with Crippen molar-refractivity contribution in [3.63, 3.8) is 0 Å². The third kappa shape index (κ3) is 4.26. The van der Waals surface area contributed by atoms with Gasteiger partial charge in [-0.05, 0) is 49.6 Å². The molecule has 0 spiro atoms. The number of carbonyl (C=O) groups excluding carboxylic acids is 1. The molecular weight excluding hydrogens is 406 g/mol. The second-order valence-corrected chi connectivity index (χ2v) is 8.25. The minimum atomic E-state index is -0.394. The van der Waals surface area contributed by atoms with Crippen LogP contribution in [-0.4, -0.2) is 33.5 Å². The van der Waals surface area contributed by atoms with Gasteiger partial charge in [-0.3, -0.25) is 4.79 Å². The Balaban J connectivity index is 1.22. The number of fused-ring (bicyclic) bond motifs is 2. The molecule has 0 bridgehead atoms. The van der Waals surface area contributed by atoms with Crippen LogP contribution in [-0.2, 0) is 24.3 Å². The summed E-state index contributed by atoms with van der Waals surface area (Å²) in [7, 11) is 0. The van der Waals surface area contributed by atoms with Crippen LogP contribution in [0.2, 0.25) is 0 Å². The predicted molar refractivity (Wildman–Crippen MR) is 121 cm³/mol. The fourth-order valence-electron chi connectivity index (χ4n) is 4.16. The standard InChI is InChI=1S/C24H27N5O3/c1-16(24(30)25-14-17-9-10-20-21(12-17)32-15-31-20)26-19-7-5-6-18(13-19)23-28-27-22-8-3-2-4-11-29(22)23/h5-7,9-10,12-13,16,26H,2-4,8,11,14-15H2,1H3,(H,25,30). The Bertz CT molecular complexity index is 1130. The number of hydrogen-bond acceptors (Lipinski definition) is 6. The number of rotatable bonds is 6. The fraction of sp³-hybridized carbons (Fsp3) is 0.375. The number of aromatic nitrogens is 3. The summed E-state index contributed by atoms with van der Waals surface area (Å²) in [4.78, 5) is 12.6. The van der Waals surface area contributed by atoms with Gasteiger partial charge in [0.25, 0.3) is 0 Å². The van der Waals surface area contributed by atoms with Crippen molar-refractivity contribution in [1.29, 1.82) is 0 Å². The van der Waals surface area contributed by atoms with Gasteiger partial charge in [-0.15, -0.1) is 10.2 Å². The number of benzene rings is 2. The van der Waals surface area contributed by atoms with Crippen molar-refractivity contribution in [2.75, 3.05) is 12.1 Å². The first kappa shape index (κ1) is 20.4. The second kappa shape index (κ2) is 8.90. The molecule has 2 aliphatic rings. The van der Waals surface area contributed by atoms with Crippen molar-refractivity contribution in [2.45, 2.75) is 51.7 Å². The lowest BCUT2D eigenvalue weighted by atomic mass is 10.1. The van der Waals surface area contributed by atoms with Gasteiger partial charge in [0.2, 0.25) is 12.7 Å². The molecule has 8 heteroatoms. The quantitative estimate of drug-likeness (QED) is 0.618. The topological polar surface area (TPSA) is 90.3 Å². The van der Waals surface area contributed by atoms with E-state index in [1.807, 2.05) is 49.4 Å². The van der Waals surface area contributed by atoms with Gasteiger partial charge < -0.3 is 24.7 Å². The van der Waals surface area contributed by atoms with Gasteiger partial charge in [0.15, 0.2) is 17.3 Å². The van der Waals surface area contributed by atoms with Crippen molar-refractivity contribution in [3.8, 4) is 22.9 Å². The molecule has 0 fully saturated rings. The maximum atomic E-state index is 12.6. The van der Waals surface area contributed by atoms with E-state index in [4.69, 9.17) is 9.47 Å². The van der Waals surface area contributed by atoms with Crippen molar-refractivity contribution >= 4 is 11.6 Å². The third-order valence-electron chi connectivity index (χ3n) is 5.91. The van der Waals surface area contributed by atoms with Crippen LogP contribution in [0, 0.1) is 0 Å². The van der Waals surface area contributed by atoms with Crippen LogP contribution < -0.4 is 20.1 Å². The van der Waals surface area contributed by atoms with Gasteiger partial charge in [-0.1, -0.05) is 24.6 Å². The Kier molecular flexibility index (Phi) is 5.66. The second-order valence-electron chi connectivity index (χ2n) is 8.25. The molecule has 1 unspecified atom stereocenters. The van der Waals surface area contributed by atoms with Gasteiger partial charge in [-0.2, -0.15) is 0 Å². The Morgan fingerprint density at radius 2 is 2.00 bits per heavy atom. The largest absolute Gasteiger partial charge is 0.454 e. The average molecular weight is 434 g/mol. The number of aryl methyl sites for hydroxylation is 1. The summed E-state index contributed by atoms with van der Waals surface area (Å²) < 4.78 is 13.0. The minimum absolute atomic E-state index is 0.0792. The summed E-state index contributed by atoms with van der Waals surface area (Å²) in [6, 6.07) is 13.3. The summed E-state index contributed by atoms with van der Waals surface area (Å²) in [5, 5.41) is 15.1. The van der Waals surface area contributed by atoms with Crippen molar-refractivity contribution < 1.29 is 14.3 Å². The van der Waals surface area contributed by atoms with E-state index in [9.17, 15) is 4.79 Å². The maximum Gasteiger partial charge on any atom is 0.242 e. The van der Waals surface area contributed by atoms with Crippen LogP contribution in [0.4, 0.5) is 5.69 Å². The normalized spacial score (nSPS) is 15.5. The number of ether oxygens (including phenoxy) is 2. The van der Waals surface area contributed by atoms with Crippen LogP contribution in [0.15, 0.2) is 42.5 Å². The van der Waals surface area contributed by atoms with E-state index in [2.05, 4.69) is 25.4 Å². The molecule has 0 saturated heterocycles. The fourth-order valence-corrected chi connectivity index (χ4v) is 4.16. The van der Waals surface area contributed by atoms with Crippen LogP contribution >= 0.6 is 0 Å². The lowest BCUT2D eigenvalue weighted by molar-refractivity contribution is -0.121. The molecule has 5 rings (SSSR count). The zero-order chi connectivity index (χ0) is 21.9. The molecule has 1 aromatic heterocycles. The molecule has 0 saturated carbocycles. The Morgan fingerprint density at radius 3 is 2.94 bits per heavy atom. The summed E-state index contributed by atoms with van der Waals surface area (Å²) in [6.07, 6.45) is 4.52. The van der Waals surface area contributed by atoms with E-state index < -0.39 is 6.04 Å². The number of amides is 1. The molecule has 2 aliphatic heterocycles. The highest BCUT2D eigenvalue weighted by atomic mass is 16.7. The monoisotopic (exact) mass is 433 g/mol. The van der Waals surface area contributed by atoms with Crippen molar-refractivity contribution in [3.05, 3.63) is 53.9 Å². The van der Waals surface area contributed by atoms with E-state index in [0.717, 1.165) is 53.6 Å². The number of hydrogen-bond donors (Lipinski definition) is 2. The summed E-state index contributed by atoms with van der Waals surface area (Å²) >= 11 is 0. The molecule has 166 valence electrons. The molecule has 3 aromatic rings. The SMILES string of the molecule is CC(Nc1cccc(-c2nnc3n2CCCCC3)c1)C(=O)NCc1ccc2c(c1)OCO2. The summed E-state index contributed by atoms with van der Waals surface area (Å²) in [5.74, 6) is 3.33. The van der Waals surface area contributed by atoms with Crippen molar-refractivity contribution in [2.24, 2.45) is 0 Å². The molecule has 1 amide bonds. The first-order chi connectivity index (χ1) is 15.7. The number of nitrogens with zero attached hydrogens (tertiary/aromatic N) is 3. The van der Waals surface area contributed by atoms with E-state index in [0.29, 0.717) is 12.3 Å². The Morgan fingerprint density at radius 1 is 1.09 bits per heavy atom. The van der Waals surface area contributed by atoms with Gasteiger partial charge >= 0.3 is 0 Å². The molecule has 8 nitrogen and oxygen atoms in total. The first-order valence-corrected chi connectivity index (χ1v) is 11.1. The first-order valence-electron chi connectivity index (χ1n) is 11.1. The minimum Gasteiger partial charge on any atom is -0.454 e. The molecule has 32 heavy (non-hydrogen) atoms. The van der Waals surface area contributed by atoms with Gasteiger partial charge in [0, 0.05) is 30.8 Å². The van der Waals surface area contributed by atoms with Gasteiger partial charge in [0.1, 0.15) is 11.9 Å². The van der Waals surface area contributed by atoms with E-state index >= 15 is 0 Å².